The average Bonchev–Trinajstić information content (AvgIpc) is 3.61. The van der Waals surface area contributed by atoms with Crippen LogP contribution in [0, 0.1) is 0 Å². The number of aromatic nitrogens is 2. The van der Waals surface area contributed by atoms with Crippen molar-refractivity contribution in [2.45, 2.75) is 5.92 Å². The Kier molecular flexibility index (Phi) is 7.32. The molecule has 42 heavy (non-hydrogen) atoms. The number of hydrogen-bond acceptors (Lipinski definition) is 7. The number of pyridine rings is 1. The fraction of sp³-hybridized carbons (Fsp3) is 0.194. The number of fused-ring (bicyclic) bond motifs is 4. The maximum absolute atomic E-state index is 13.8. The van der Waals surface area contributed by atoms with Crippen molar-refractivity contribution in [1.29, 1.82) is 0 Å². The Morgan fingerprint density at radius 1 is 1.17 bits per heavy atom. The summed E-state index contributed by atoms with van der Waals surface area (Å²) in [6, 6.07) is 17.0. The summed E-state index contributed by atoms with van der Waals surface area (Å²) in [5.74, 6) is 0.675. The molecular weight excluding hydrogens is 560 g/mol. The molecule has 10 nitrogen and oxygen atoms in total. The van der Waals surface area contributed by atoms with Crippen LogP contribution in [0.3, 0.4) is 0 Å². The van der Waals surface area contributed by atoms with Crippen molar-refractivity contribution < 1.29 is 29.3 Å². The molecule has 0 bridgehead atoms. The zero-order valence-electron chi connectivity index (χ0n) is 22.6. The minimum absolute atomic E-state index is 0.0432. The first-order chi connectivity index (χ1) is 20.4. The van der Waals surface area contributed by atoms with Gasteiger partial charge >= 0.3 is 0 Å². The van der Waals surface area contributed by atoms with Crippen LogP contribution in [0.5, 0.6) is 17.2 Å². The van der Waals surface area contributed by atoms with Crippen LogP contribution in [-0.2, 0) is 0 Å². The van der Waals surface area contributed by atoms with E-state index in [1.54, 1.807) is 60.5 Å². The van der Waals surface area contributed by atoms with E-state index in [4.69, 9.17) is 26.2 Å². The molecule has 11 heteroatoms. The molecule has 0 spiro atoms. The maximum Gasteiger partial charge on any atom is 0.274 e. The van der Waals surface area contributed by atoms with Crippen molar-refractivity contribution in [3.63, 3.8) is 0 Å². The smallest absolute Gasteiger partial charge is 0.274 e. The van der Waals surface area contributed by atoms with Gasteiger partial charge in [0.15, 0.2) is 0 Å². The summed E-state index contributed by atoms with van der Waals surface area (Å²) in [5, 5.41) is 24.6. The summed E-state index contributed by atoms with van der Waals surface area (Å²) in [7, 11) is 1.57. The van der Waals surface area contributed by atoms with Gasteiger partial charge in [-0.1, -0.05) is 12.1 Å². The number of carbonyl (C=O) groups excluding carboxylic acids is 2. The summed E-state index contributed by atoms with van der Waals surface area (Å²) < 4.78 is 10.9. The maximum atomic E-state index is 13.8. The number of aliphatic hydroxyl groups is 1. The quantitative estimate of drug-likeness (QED) is 0.187. The highest BCUT2D eigenvalue weighted by Gasteiger charge is 2.36. The Morgan fingerprint density at radius 3 is 2.71 bits per heavy atom. The topological polar surface area (TPSA) is 137 Å². The van der Waals surface area contributed by atoms with E-state index < -0.39 is 0 Å². The predicted octanol–water partition coefficient (Wildman–Crippen LogP) is 5.04. The third kappa shape index (κ3) is 4.84. The Balaban J connectivity index is 1.27. The number of aromatic amines is 1. The van der Waals surface area contributed by atoms with Gasteiger partial charge in [0, 0.05) is 46.1 Å². The number of phenols is 1. The lowest BCUT2D eigenvalue weighted by Gasteiger charge is -2.18. The van der Waals surface area contributed by atoms with Crippen LogP contribution in [0.2, 0.25) is 0 Å². The molecule has 5 aromatic rings. The number of carbonyl (C=O) groups is 2. The van der Waals surface area contributed by atoms with Crippen LogP contribution in [0.4, 0.5) is 11.4 Å². The van der Waals surface area contributed by atoms with E-state index in [2.05, 4.69) is 15.3 Å². The molecule has 2 aromatic heterocycles. The number of aromatic hydroxyl groups is 1. The van der Waals surface area contributed by atoms with Gasteiger partial charge in [-0.15, -0.1) is 11.6 Å². The molecule has 1 aliphatic heterocycles. The van der Waals surface area contributed by atoms with E-state index in [0.29, 0.717) is 57.1 Å². The van der Waals surface area contributed by atoms with E-state index >= 15 is 0 Å². The number of nitrogens with one attached hydrogen (secondary N) is 2. The molecule has 0 saturated heterocycles. The number of ether oxygens (including phenoxy) is 2. The lowest BCUT2D eigenvalue weighted by atomic mass is 9.94. The third-order valence-electron chi connectivity index (χ3n) is 7.31. The van der Waals surface area contributed by atoms with Crippen molar-refractivity contribution in [3.8, 4) is 17.2 Å². The summed E-state index contributed by atoms with van der Waals surface area (Å²) >= 11 is 6.37. The predicted molar refractivity (Wildman–Crippen MR) is 160 cm³/mol. The Labute approximate surface area is 245 Å². The van der Waals surface area contributed by atoms with Crippen LogP contribution in [0.25, 0.3) is 21.8 Å². The molecule has 214 valence electrons. The van der Waals surface area contributed by atoms with E-state index in [0.717, 1.165) is 10.9 Å². The highest BCUT2D eigenvalue weighted by atomic mass is 35.5. The monoisotopic (exact) mass is 586 g/mol. The number of rotatable bonds is 8. The Bertz CT molecular complexity index is 1820. The van der Waals surface area contributed by atoms with E-state index in [1.165, 1.54) is 6.20 Å². The Hall–Kier alpha value is -4.80. The van der Waals surface area contributed by atoms with Gasteiger partial charge in [0.2, 0.25) is 0 Å². The molecule has 1 unspecified atom stereocenters. The van der Waals surface area contributed by atoms with Gasteiger partial charge in [0.25, 0.3) is 11.8 Å². The number of phenolic OH excluding ortho intramolecular Hbond substituents is 1. The van der Waals surface area contributed by atoms with Gasteiger partial charge in [-0.3, -0.25) is 9.59 Å². The molecule has 4 N–H and O–H groups in total. The molecule has 3 aromatic carbocycles. The van der Waals surface area contributed by atoms with Crippen LogP contribution in [0.1, 0.15) is 32.3 Å². The molecular formula is C31H27ClN4O6. The largest absolute Gasteiger partial charge is 0.507 e. The average molecular weight is 587 g/mol. The molecule has 1 aliphatic rings. The summed E-state index contributed by atoms with van der Waals surface area (Å²) in [4.78, 5) is 35.7. The van der Waals surface area contributed by atoms with Crippen LogP contribution >= 0.6 is 11.6 Å². The first-order valence-corrected chi connectivity index (χ1v) is 13.8. The highest BCUT2D eigenvalue weighted by molar-refractivity contribution is 6.19. The lowest BCUT2D eigenvalue weighted by molar-refractivity contribution is 0.0983. The second-order valence-electron chi connectivity index (χ2n) is 9.87. The summed E-state index contributed by atoms with van der Waals surface area (Å²) in [6.45, 7) is 0.408. The molecule has 1 atom stereocenters. The van der Waals surface area contributed by atoms with Crippen molar-refractivity contribution in [2.24, 2.45) is 0 Å². The first kappa shape index (κ1) is 27.4. The fourth-order valence-electron chi connectivity index (χ4n) is 5.38. The van der Waals surface area contributed by atoms with Crippen LogP contribution in [-0.4, -0.2) is 64.7 Å². The molecule has 0 aliphatic carbocycles. The molecule has 0 fully saturated rings. The van der Waals surface area contributed by atoms with Gasteiger partial charge in [0.1, 0.15) is 35.2 Å². The fourth-order valence-corrected chi connectivity index (χ4v) is 5.64. The third-order valence-corrected chi connectivity index (χ3v) is 7.68. The first-order valence-electron chi connectivity index (χ1n) is 13.3. The SMILES string of the molecule is COc1cccc2c(O)cc3c(c12)C(CCl)CN3C(=O)c1cc2cc(NC(=O)c3ccc(OCCO)cc3)cnc2[nH]1. The van der Waals surface area contributed by atoms with E-state index in [1.807, 2.05) is 12.1 Å². The van der Waals surface area contributed by atoms with E-state index in [-0.39, 0.29) is 42.6 Å². The molecule has 6 rings (SSSR count). The van der Waals surface area contributed by atoms with Gasteiger partial charge < -0.3 is 34.9 Å². The number of aliphatic hydroxyl groups excluding tert-OH is 1. The van der Waals surface area contributed by atoms with Gasteiger partial charge in [-0.05, 0) is 48.0 Å². The Morgan fingerprint density at radius 2 is 1.98 bits per heavy atom. The van der Waals surface area contributed by atoms with Crippen LogP contribution < -0.4 is 19.7 Å². The number of nitrogens with zero attached hydrogens (tertiary/aromatic N) is 2. The van der Waals surface area contributed by atoms with Crippen molar-refractivity contribution in [1.82, 2.24) is 9.97 Å². The second-order valence-corrected chi connectivity index (χ2v) is 10.2. The molecule has 0 saturated carbocycles. The van der Waals surface area contributed by atoms with Gasteiger partial charge in [0.05, 0.1) is 31.3 Å². The van der Waals surface area contributed by atoms with E-state index in [9.17, 15) is 14.7 Å². The number of alkyl halides is 1. The highest BCUT2D eigenvalue weighted by Crippen LogP contribution is 2.48. The summed E-state index contributed by atoms with van der Waals surface area (Å²) in [6.07, 6.45) is 1.51. The standard InChI is InChI=1S/C31H27ClN4O6/c1-41-26-4-2-3-22-25(38)13-24-27(28(22)26)19(14-32)16-36(24)31(40)23-12-18-11-20(15-33-29(18)35-23)34-30(39)17-5-7-21(8-6-17)42-10-9-37/h2-8,11-13,15,19,37-38H,9-10,14,16H2,1H3,(H,33,35)(H,34,39). The molecule has 3 heterocycles. The second kappa shape index (κ2) is 11.2. The molecule has 2 amide bonds. The minimum atomic E-state index is -0.333. The number of methoxy groups -OCH3 is 1. The summed E-state index contributed by atoms with van der Waals surface area (Å²) in [5.41, 5.74) is 3.11. The lowest BCUT2D eigenvalue weighted by Crippen LogP contribution is -2.30. The van der Waals surface area contributed by atoms with Crippen molar-refractivity contribution in [3.05, 3.63) is 83.7 Å². The number of H-pyrrole nitrogens is 1. The minimum Gasteiger partial charge on any atom is -0.507 e. The zero-order valence-corrected chi connectivity index (χ0v) is 23.3. The number of benzene rings is 3. The number of hydrogen-bond donors (Lipinski definition) is 4. The normalized spacial score (nSPS) is 14.3. The van der Waals surface area contributed by atoms with Gasteiger partial charge in [-0.25, -0.2) is 4.98 Å². The van der Waals surface area contributed by atoms with Crippen LogP contribution in [0.15, 0.2) is 66.9 Å². The number of halogens is 1. The number of amides is 2. The van der Waals surface area contributed by atoms with Crippen molar-refractivity contribution in [2.75, 3.05) is 43.0 Å². The number of anilines is 2. The zero-order chi connectivity index (χ0) is 29.4. The molecule has 0 radical (unpaired) electrons. The van der Waals surface area contributed by atoms with Gasteiger partial charge in [-0.2, -0.15) is 0 Å². The van der Waals surface area contributed by atoms with Crippen molar-refractivity contribution >= 4 is 56.6 Å².